The summed E-state index contributed by atoms with van der Waals surface area (Å²) >= 11 is 3.05. The minimum atomic E-state index is -4.51. The van der Waals surface area contributed by atoms with Crippen LogP contribution in [0.15, 0.2) is 22.7 Å². The Kier molecular flexibility index (Phi) is 4.60. The number of hydrogen-bond acceptors (Lipinski definition) is 1. The van der Waals surface area contributed by atoms with Crippen molar-refractivity contribution in [3.63, 3.8) is 0 Å². The first-order valence-electron chi connectivity index (χ1n) is 6.52. The normalized spacial score (nSPS) is 16.7. The standard InChI is InChI=1S/C14H14BrF4NO/c1-8(9-2-3-9)20(7-14(17,18)19)13(21)11-5-4-10(15)6-12(11)16/h4-6,8-9H,2-3,7H2,1H3. The van der Waals surface area contributed by atoms with Gasteiger partial charge in [-0.1, -0.05) is 15.9 Å². The molecule has 0 saturated heterocycles. The lowest BCUT2D eigenvalue weighted by atomic mass is 10.1. The molecular formula is C14H14BrF4NO. The summed E-state index contributed by atoms with van der Waals surface area (Å²) in [5.41, 5.74) is -0.338. The molecule has 21 heavy (non-hydrogen) atoms. The summed E-state index contributed by atoms with van der Waals surface area (Å²) in [4.78, 5) is 13.0. The number of amides is 1. The number of carbonyl (C=O) groups is 1. The van der Waals surface area contributed by atoms with E-state index in [4.69, 9.17) is 0 Å². The van der Waals surface area contributed by atoms with Crippen LogP contribution in [0.2, 0.25) is 0 Å². The van der Waals surface area contributed by atoms with Crippen LogP contribution in [-0.2, 0) is 0 Å². The molecule has 0 bridgehead atoms. The fraction of sp³-hybridized carbons (Fsp3) is 0.500. The van der Waals surface area contributed by atoms with Gasteiger partial charge in [-0.3, -0.25) is 4.79 Å². The van der Waals surface area contributed by atoms with E-state index in [1.807, 2.05) is 0 Å². The highest BCUT2D eigenvalue weighted by Crippen LogP contribution is 2.37. The van der Waals surface area contributed by atoms with Gasteiger partial charge in [0, 0.05) is 10.5 Å². The Morgan fingerprint density at radius 2 is 2.05 bits per heavy atom. The number of nitrogens with zero attached hydrogens (tertiary/aromatic N) is 1. The zero-order valence-corrected chi connectivity index (χ0v) is 12.8. The van der Waals surface area contributed by atoms with E-state index in [1.165, 1.54) is 12.1 Å². The Bertz CT molecular complexity index is 542. The van der Waals surface area contributed by atoms with Crippen LogP contribution in [0.4, 0.5) is 17.6 Å². The molecule has 2 rings (SSSR count). The molecule has 1 atom stereocenters. The van der Waals surface area contributed by atoms with Crippen molar-refractivity contribution in [2.24, 2.45) is 5.92 Å². The maximum atomic E-state index is 13.8. The molecule has 1 aliphatic carbocycles. The molecule has 0 aromatic heterocycles. The molecule has 7 heteroatoms. The van der Waals surface area contributed by atoms with Crippen molar-refractivity contribution < 1.29 is 22.4 Å². The molecule has 1 amide bonds. The Morgan fingerprint density at radius 1 is 1.43 bits per heavy atom. The maximum absolute atomic E-state index is 13.8. The SMILES string of the molecule is CC(C1CC1)N(CC(F)(F)F)C(=O)c1ccc(Br)cc1F. The maximum Gasteiger partial charge on any atom is 0.406 e. The molecule has 0 spiro atoms. The van der Waals surface area contributed by atoms with Crippen LogP contribution >= 0.6 is 15.9 Å². The fourth-order valence-corrected chi connectivity index (χ4v) is 2.58. The highest BCUT2D eigenvalue weighted by atomic mass is 79.9. The predicted molar refractivity (Wildman–Crippen MR) is 73.4 cm³/mol. The number of halogens is 5. The van der Waals surface area contributed by atoms with Crippen LogP contribution in [0.3, 0.4) is 0 Å². The van der Waals surface area contributed by atoms with E-state index in [1.54, 1.807) is 6.92 Å². The first kappa shape index (κ1) is 16.3. The molecule has 1 aliphatic rings. The largest absolute Gasteiger partial charge is 0.406 e. The summed E-state index contributed by atoms with van der Waals surface area (Å²) in [5.74, 6) is -1.68. The van der Waals surface area contributed by atoms with Crippen molar-refractivity contribution in [1.29, 1.82) is 0 Å². The zero-order chi connectivity index (χ0) is 15.8. The van der Waals surface area contributed by atoms with E-state index in [0.717, 1.165) is 23.8 Å². The van der Waals surface area contributed by atoms with Gasteiger partial charge in [-0.25, -0.2) is 4.39 Å². The van der Waals surface area contributed by atoms with Crippen LogP contribution < -0.4 is 0 Å². The van der Waals surface area contributed by atoms with Gasteiger partial charge in [0.05, 0.1) is 5.56 Å². The first-order valence-corrected chi connectivity index (χ1v) is 7.31. The molecule has 1 fully saturated rings. The number of rotatable bonds is 4. The van der Waals surface area contributed by atoms with E-state index >= 15 is 0 Å². The summed E-state index contributed by atoms with van der Waals surface area (Å²) < 4.78 is 52.3. The number of benzene rings is 1. The molecule has 1 unspecified atom stereocenters. The summed E-state index contributed by atoms with van der Waals surface area (Å²) in [5, 5.41) is 0. The molecule has 1 saturated carbocycles. The molecule has 0 aliphatic heterocycles. The lowest BCUT2D eigenvalue weighted by Gasteiger charge is -2.30. The van der Waals surface area contributed by atoms with E-state index in [9.17, 15) is 22.4 Å². The van der Waals surface area contributed by atoms with Crippen LogP contribution in [0.1, 0.15) is 30.1 Å². The minimum Gasteiger partial charge on any atom is -0.326 e. The second-order valence-corrected chi connectivity index (χ2v) is 6.17. The smallest absolute Gasteiger partial charge is 0.326 e. The third kappa shape index (κ3) is 4.18. The Morgan fingerprint density at radius 3 is 2.52 bits per heavy atom. The van der Waals surface area contributed by atoms with Crippen LogP contribution in [0.5, 0.6) is 0 Å². The van der Waals surface area contributed by atoms with E-state index < -0.39 is 30.5 Å². The minimum absolute atomic E-state index is 0.0646. The van der Waals surface area contributed by atoms with E-state index in [-0.39, 0.29) is 11.5 Å². The number of alkyl halides is 3. The third-order valence-corrected chi connectivity index (χ3v) is 4.06. The van der Waals surface area contributed by atoms with Gasteiger partial charge in [0.2, 0.25) is 0 Å². The molecule has 2 nitrogen and oxygen atoms in total. The van der Waals surface area contributed by atoms with Crippen molar-refractivity contribution in [2.45, 2.75) is 32.0 Å². The Balaban J connectivity index is 2.28. The van der Waals surface area contributed by atoms with Crippen molar-refractivity contribution in [1.82, 2.24) is 4.90 Å². The monoisotopic (exact) mass is 367 g/mol. The van der Waals surface area contributed by atoms with E-state index in [0.29, 0.717) is 4.47 Å². The lowest BCUT2D eigenvalue weighted by molar-refractivity contribution is -0.144. The topological polar surface area (TPSA) is 20.3 Å². The number of carbonyl (C=O) groups excluding carboxylic acids is 1. The molecule has 1 aromatic rings. The van der Waals surface area contributed by atoms with Crippen molar-refractivity contribution >= 4 is 21.8 Å². The van der Waals surface area contributed by atoms with Gasteiger partial charge in [0.1, 0.15) is 12.4 Å². The van der Waals surface area contributed by atoms with Gasteiger partial charge < -0.3 is 4.90 Å². The van der Waals surface area contributed by atoms with Gasteiger partial charge >= 0.3 is 6.18 Å². The second kappa shape index (κ2) is 5.94. The third-order valence-electron chi connectivity index (χ3n) is 3.57. The molecule has 1 aromatic carbocycles. The van der Waals surface area contributed by atoms with Crippen molar-refractivity contribution in [2.75, 3.05) is 6.54 Å². The summed E-state index contributed by atoms with van der Waals surface area (Å²) in [7, 11) is 0. The van der Waals surface area contributed by atoms with Crippen molar-refractivity contribution in [3.8, 4) is 0 Å². The predicted octanol–water partition coefficient (Wildman–Crippen LogP) is 4.39. The van der Waals surface area contributed by atoms with Crippen LogP contribution in [0, 0.1) is 11.7 Å². The first-order chi connectivity index (χ1) is 9.69. The molecular weight excluding hydrogens is 354 g/mol. The molecule has 0 radical (unpaired) electrons. The van der Waals surface area contributed by atoms with Crippen molar-refractivity contribution in [3.05, 3.63) is 34.1 Å². The van der Waals surface area contributed by atoms with Gasteiger partial charge in [-0.2, -0.15) is 13.2 Å². The Hall–Kier alpha value is -1.11. The molecule has 0 N–H and O–H groups in total. The van der Waals surface area contributed by atoms with Gasteiger partial charge in [0.15, 0.2) is 0 Å². The van der Waals surface area contributed by atoms with Gasteiger partial charge in [0.25, 0.3) is 5.91 Å². The van der Waals surface area contributed by atoms with Gasteiger partial charge in [-0.05, 0) is 43.9 Å². The molecule has 116 valence electrons. The summed E-state index contributed by atoms with van der Waals surface area (Å²) in [6.07, 6.45) is -2.91. The average molecular weight is 368 g/mol. The summed E-state index contributed by atoms with van der Waals surface area (Å²) in [6, 6.07) is 3.15. The Labute approximate surface area is 128 Å². The quantitative estimate of drug-likeness (QED) is 0.722. The summed E-state index contributed by atoms with van der Waals surface area (Å²) in [6.45, 7) is 0.219. The van der Waals surface area contributed by atoms with Crippen LogP contribution in [0.25, 0.3) is 0 Å². The van der Waals surface area contributed by atoms with E-state index in [2.05, 4.69) is 15.9 Å². The molecule has 0 heterocycles. The fourth-order valence-electron chi connectivity index (χ4n) is 2.24. The highest BCUT2D eigenvalue weighted by Gasteiger charge is 2.41. The second-order valence-electron chi connectivity index (χ2n) is 5.25. The number of hydrogen-bond donors (Lipinski definition) is 0. The average Bonchev–Trinajstić information content (AvgIpc) is 3.17. The highest BCUT2D eigenvalue weighted by molar-refractivity contribution is 9.10. The van der Waals surface area contributed by atoms with Gasteiger partial charge in [-0.15, -0.1) is 0 Å². The lowest BCUT2D eigenvalue weighted by Crippen LogP contribution is -2.45. The van der Waals surface area contributed by atoms with Crippen LogP contribution in [-0.4, -0.2) is 29.6 Å². The zero-order valence-electron chi connectivity index (χ0n) is 11.3.